The quantitative estimate of drug-likeness (QED) is 0.870. The molecule has 3 heterocycles. The first-order valence-electron chi connectivity index (χ1n) is 8.19. The van der Waals surface area contributed by atoms with E-state index in [0.29, 0.717) is 0 Å². The van der Waals surface area contributed by atoms with Gasteiger partial charge in [-0.2, -0.15) is 0 Å². The number of thiophene rings is 1. The monoisotopic (exact) mass is 354 g/mol. The maximum atomic E-state index is 12.2. The van der Waals surface area contributed by atoms with Crippen LogP contribution in [0.15, 0.2) is 16.2 Å². The van der Waals surface area contributed by atoms with Crippen molar-refractivity contribution in [3.05, 3.63) is 27.6 Å². The van der Waals surface area contributed by atoms with Crippen LogP contribution >= 0.6 is 23.7 Å². The second-order valence-corrected chi connectivity index (χ2v) is 7.45. The molecule has 1 aliphatic carbocycles. The zero-order valence-corrected chi connectivity index (χ0v) is 14.8. The van der Waals surface area contributed by atoms with E-state index in [1.54, 1.807) is 0 Å². The first kappa shape index (κ1) is 16.9. The Labute approximate surface area is 145 Å². The van der Waals surface area contributed by atoms with Crippen molar-refractivity contribution in [3.63, 3.8) is 0 Å². The first-order valence-corrected chi connectivity index (χ1v) is 9.07. The molecule has 23 heavy (non-hydrogen) atoms. The number of fused-ring (bicyclic) bond motifs is 1. The van der Waals surface area contributed by atoms with Crippen LogP contribution in [-0.2, 0) is 6.54 Å². The summed E-state index contributed by atoms with van der Waals surface area (Å²) in [7, 11) is 0. The number of hydrogen-bond donors (Lipinski definition) is 2. The van der Waals surface area contributed by atoms with Gasteiger partial charge in [0.05, 0.1) is 12.1 Å². The topological polar surface area (TPSA) is 61.0 Å². The van der Waals surface area contributed by atoms with Crippen LogP contribution in [0.25, 0.3) is 10.2 Å². The fourth-order valence-electron chi connectivity index (χ4n) is 4.01. The standard InChI is InChI=1S/C16H22N4OS.ClH/c21-15-14-12(4-9-22-14)18-13(19-15)10-20-8-7-17-11-16(20)5-2-1-3-6-16;/h4,9,17H,1-3,5-8,10-11H2,(H,18,19,21);1H. The summed E-state index contributed by atoms with van der Waals surface area (Å²) >= 11 is 1.46. The molecule has 4 rings (SSSR count). The Morgan fingerprint density at radius 2 is 2.13 bits per heavy atom. The lowest BCUT2D eigenvalue weighted by Crippen LogP contribution is -2.61. The summed E-state index contributed by atoms with van der Waals surface area (Å²) in [4.78, 5) is 22.4. The molecule has 1 aliphatic heterocycles. The largest absolute Gasteiger partial charge is 0.314 e. The third kappa shape index (κ3) is 3.18. The van der Waals surface area contributed by atoms with Crippen molar-refractivity contribution in [2.75, 3.05) is 19.6 Å². The summed E-state index contributed by atoms with van der Waals surface area (Å²) in [6, 6.07) is 1.94. The Bertz CT molecular complexity index is 714. The highest BCUT2D eigenvalue weighted by Crippen LogP contribution is 2.35. The van der Waals surface area contributed by atoms with E-state index in [9.17, 15) is 4.79 Å². The minimum atomic E-state index is 0. The molecule has 0 radical (unpaired) electrons. The molecule has 2 fully saturated rings. The number of halogens is 1. The third-order valence-corrected chi connectivity index (χ3v) is 6.07. The zero-order valence-electron chi connectivity index (χ0n) is 13.1. The van der Waals surface area contributed by atoms with Crippen LogP contribution < -0.4 is 10.9 Å². The zero-order chi connectivity index (χ0) is 15.0. The molecule has 2 N–H and O–H groups in total. The second-order valence-electron chi connectivity index (χ2n) is 6.53. The number of piperazine rings is 1. The number of rotatable bonds is 2. The van der Waals surface area contributed by atoms with E-state index >= 15 is 0 Å². The molecule has 2 aromatic heterocycles. The van der Waals surface area contributed by atoms with Gasteiger partial charge in [-0.15, -0.1) is 23.7 Å². The Morgan fingerprint density at radius 1 is 1.30 bits per heavy atom. The normalized spacial score (nSPS) is 21.4. The highest BCUT2D eigenvalue weighted by Gasteiger charge is 2.39. The number of hydrogen-bond acceptors (Lipinski definition) is 5. The van der Waals surface area contributed by atoms with Gasteiger partial charge in [0.15, 0.2) is 0 Å². The average Bonchev–Trinajstić information content (AvgIpc) is 3.00. The van der Waals surface area contributed by atoms with Crippen molar-refractivity contribution in [3.8, 4) is 0 Å². The van der Waals surface area contributed by atoms with Gasteiger partial charge in [-0.25, -0.2) is 4.98 Å². The molecule has 0 amide bonds. The average molecular weight is 355 g/mol. The molecule has 0 unspecified atom stereocenters. The number of nitrogens with one attached hydrogen (secondary N) is 2. The molecule has 2 aliphatic rings. The number of aromatic nitrogens is 2. The summed E-state index contributed by atoms with van der Waals surface area (Å²) in [5.74, 6) is 0.808. The molecular weight excluding hydrogens is 332 g/mol. The van der Waals surface area contributed by atoms with E-state index in [1.807, 2.05) is 11.4 Å². The van der Waals surface area contributed by atoms with Gasteiger partial charge in [-0.3, -0.25) is 9.69 Å². The van der Waals surface area contributed by atoms with Crippen LogP contribution in [0.1, 0.15) is 37.9 Å². The first-order chi connectivity index (χ1) is 10.8. The SMILES string of the molecule is Cl.O=c1[nH]c(CN2CCNCC23CCCCC3)nc2ccsc12. The van der Waals surface area contributed by atoms with Gasteiger partial charge in [0.25, 0.3) is 5.56 Å². The van der Waals surface area contributed by atoms with Gasteiger partial charge >= 0.3 is 0 Å². The van der Waals surface area contributed by atoms with Gasteiger partial charge in [-0.05, 0) is 24.3 Å². The maximum absolute atomic E-state index is 12.2. The van der Waals surface area contributed by atoms with Crippen molar-refractivity contribution >= 4 is 34.0 Å². The summed E-state index contributed by atoms with van der Waals surface area (Å²) in [5, 5.41) is 5.50. The van der Waals surface area contributed by atoms with Gasteiger partial charge in [0.2, 0.25) is 0 Å². The summed E-state index contributed by atoms with van der Waals surface area (Å²) in [6.07, 6.45) is 6.48. The minimum Gasteiger partial charge on any atom is -0.314 e. The summed E-state index contributed by atoms with van der Waals surface area (Å²) in [6.45, 7) is 3.87. The van der Waals surface area contributed by atoms with Crippen LogP contribution in [-0.4, -0.2) is 40.0 Å². The van der Waals surface area contributed by atoms with Crippen molar-refractivity contribution in [1.82, 2.24) is 20.2 Å². The molecule has 7 heteroatoms. The second kappa shape index (κ2) is 6.89. The van der Waals surface area contributed by atoms with Gasteiger partial charge in [0, 0.05) is 25.2 Å². The molecule has 2 aromatic rings. The van der Waals surface area contributed by atoms with Crippen molar-refractivity contribution in [2.45, 2.75) is 44.2 Å². The van der Waals surface area contributed by atoms with Gasteiger partial charge in [0.1, 0.15) is 10.5 Å². The van der Waals surface area contributed by atoms with Crippen LogP contribution in [0, 0.1) is 0 Å². The van der Waals surface area contributed by atoms with Crippen molar-refractivity contribution < 1.29 is 0 Å². The summed E-state index contributed by atoms with van der Waals surface area (Å²) in [5.41, 5.74) is 1.10. The van der Waals surface area contributed by atoms with E-state index in [4.69, 9.17) is 0 Å². The minimum absolute atomic E-state index is 0. The Balaban J connectivity index is 0.00000156. The van der Waals surface area contributed by atoms with Crippen molar-refractivity contribution in [2.24, 2.45) is 0 Å². The van der Waals surface area contributed by atoms with E-state index in [2.05, 4.69) is 20.2 Å². The lowest BCUT2D eigenvalue weighted by Gasteiger charge is -2.49. The predicted octanol–water partition coefficient (Wildman–Crippen LogP) is 2.51. The summed E-state index contributed by atoms with van der Waals surface area (Å²) < 4.78 is 0.733. The molecule has 0 atom stereocenters. The van der Waals surface area contributed by atoms with Crippen LogP contribution in [0.2, 0.25) is 0 Å². The number of aromatic amines is 1. The van der Waals surface area contributed by atoms with Gasteiger partial charge in [-0.1, -0.05) is 19.3 Å². The molecular formula is C16H23ClN4OS. The van der Waals surface area contributed by atoms with Crippen LogP contribution in [0.4, 0.5) is 0 Å². The molecule has 1 saturated carbocycles. The lowest BCUT2D eigenvalue weighted by molar-refractivity contribution is 0.0189. The fraction of sp³-hybridized carbons (Fsp3) is 0.625. The Hall–Kier alpha value is -0.950. The number of nitrogens with zero attached hydrogens (tertiary/aromatic N) is 2. The fourth-order valence-corrected chi connectivity index (χ4v) is 4.74. The molecule has 1 spiro atoms. The predicted molar refractivity (Wildman–Crippen MR) is 96.6 cm³/mol. The third-order valence-electron chi connectivity index (χ3n) is 5.17. The molecule has 126 valence electrons. The van der Waals surface area contributed by atoms with E-state index in [0.717, 1.165) is 42.2 Å². The molecule has 0 aromatic carbocycles. The van der Waals surface area contributed by atoms with E-state index < -0.39 is 0 Å². The molecule has 5 nitrogen and oxygen atoms in total. The Morgan fingerprint density at radius 3 is 2.96 bits per heavy atom. The Kier molecular flexibility index (Phi) is 5.06. The van der Waals surface area contributed by atoms with Crippen molar-refractivity contribution in [1.29, 1.82) is 0 Å². The number of H-pyrrole nitrogens is 1. The lowest BCUT2D eigenvalue weighted by atomic mass is 9.79. The smallest absolute Gasteiger partial charge is 0.268 e. The highest BCUT2D eigenvalue weighted by molar-refractivity contribution is 7.17. The molecule has 1 saturated heterocycles. The van der Waals surface area contributed by atoms with E-state index in [1.165, 1.54) is 43.4 Å². The van der Waals surface area contributed by atoms with E-state index in [-0.39, 0.29) is 23.5 Å². The van der Waals surface area contributed by atoms with Crippen LogP contribution in [0.5, 0.6) is 0 Å². The molecule has 0 bridgehead atoms. The van der Waals surface area contributed by atoms with Crippen LogP contribution in [0.3, 0.4) is 0 Å². The maximum Gasteiger partial charge on any atom is 0.268 e. The van der Waals surface area contributed by atoms with Gasteiger partial charge < -0.3 is 10.3 Å². The highest BCUT2D eigenvalue weighted by atomic mass is 35.5.